The molecule has 2 aromatic heterocycles. The number of anilines is 2. The molecule has 32 heavy (non-hydrogen) atoms. The zero-order chi connectivity index (χ0) is 24.1. The highest BCUT2D eigenvalue weighted by molar-refractivity contribution is 7.85. The van der Waals surface area contributed by atoms with Crippen LogP contribution in [0.2, 0.25) is 0 Å². The van der Waals surface area contributed by atoms with Crippen molar-refractivity contribution in [1.82, 2.24) is 10.1 Å². The Balaban J connectivity index is 0.000000654. The van der Waals surface area contributed by atoms with Gasteiger partial charge in [0.1, 0.15) is 5.82 Å². The number of nitrogen functional groups attached to an aromatic ring is 1. The summed E-state index contributed by atoms with van der Waals surface area (Å²) < 4.78 is 44.9. The van der Waals surface area contributed by atoms with Crippen LogP contribution in [0.15, 0.2) is 47.0 Å². The van der Waals surface area contributed by atoms with Crippen molar-refractivity contribution in [1.29, 1.82) is 0 Å². The Labute approximate surface area is 185 Å². The summed E-state index contributed by atoms with van der Waals surface area (Å²) in [5.74, 6) is -0.400. The van der Waals surface area contributed by atoms with Gasteiger partial charge in [-0.05, 0) is 23.3 Å². The van der Waals surface area contributed by atoms with E-state index >= 15 is 0 Å². The van der Waals surface area contributed by atoms with Gasteiger partial charge in [0.05, 0.1) is 18.4 Å². The van der Waals surface area contributed by atoms with E-state index in [1.54, 1.807) is 42.5 Å². The molecule has 1 amide bonds. The van der Waals surface area contributed by atoms with Gasteiger partial charge in [-0.2, -0.15) is 12.8 Å². The third-order valence-electron chi connectivity index (χ3n) is 4.04. The number of hydrogen-bond donors (Lipinski definition) is 3. The number of carbonyl (C=O) groups is 1. The summed E-state index contributed by atoms with van der Waals surface area (Å²) in [4.78, 5) is 15.8. The van der Waals surface area contributed by atoms with Gasteiger partial charge in [-0.1, -0.05) is 50.2 Å². The molecule has 0 aliphatic rings. The van der Waals surface area contributed by atoms with E-state index in [9.17, 15) is 17.6 Å². The fourth-order valence-corrected chi connectivity index (χ4v) is 2.52. The Hall–Kier alpha value is -3.31. The number of carbonyl (C=O) groups excluding carboxylic acids is 1. The summed E-state index contributed by atoms with van der Waals surface area (Å²) in [6, 6.07) is 11.9. The summed E-state index contributed by atoms with van der Waals surface area (Å²) in [6.45, 7) is 6.03. The first-order valence-corrected chi connectivity index (χ1v) is 11.3. The van der Waals surface area contributed by atoms with Crippen molar-refractivity contribution < 1.29 is 26.7 Å². The normalized spacial score (nSPS) is 11.4. The van der Waals surface area contributed by atoms with E-state index in [1.807, 2.05) is 20.8 Å². The van der Waals surface area contributed by atoms with Gasteiger partial charge >= 0.3 is 0 Å². The van der Waals surface area contributed by atoms with Gasteiger partial charge in [0, 0.05) is 17.0 Å². The van der Waals surface area contributed by atoms with E-state index in [0.717, 1.165) is 11.3 Å². The molecule has 172 valence electrons. The quantitative estimate of drug-likeness (QED) is 0.393. The molecule has 0 spiro atoms. The van der Waals surface area contributed by atoms with Crippen LogP contribution in [0.25, 0.3) is 11.1 Å². The van der Waals surface area contributed by atoms with E-state index in [4.69, 9.17) is 14.8 Å². The van der Waals surface area contributed by atoms with Crippen LogP contribution < -0.4 is 11.1 Å². The van der Waals surface area contributed by atoms with E-state index < -0.39 is 16.1 Å². The lowest BCUT2D eigenvalue weighted by atomic mass is 9.92. The van der Waals surface area contributed by atoms with Crippen molar-refractivity contribution in [3.63, 3.8) is 0 Å². The molecule has 0 aliphatic heterocycles. The van der Waals surface area contributed by atoms with Crippen molar-refractivity contribution in [2.45, 2.75) is 32.6 Å². The first kappa shape index (κ1) is 25.0. The lowest BCUT2D eigenvalue weighted by molar-refractivity contribution is -0.115. The Morgan fingerprint density at radius 2 is 1.78 bits per heavy atom. The molecule has 0 saturated carbocycles. The second-order valence-corrected chi connectivity index (χ2v) is 9.52. The molecule has 0 unspecified atom stereocenters. The molecule has 1 aromatic carbocycles. The molecular weight excluding hydrogens is 439 g/mol. The topological polar surface area (TPSA) is 148 Å². The highest BCUT2D eigenvalue weighted by Crippen LogP contribution is 2.25. The molecule has 11 heteroatoms. The Morgan fingerprint density at radius 3 is 2.28 bits per heavy atom. The molecule has 0 atom stereocenters. The number of nitrogens with one attached hydrogen (secondary N) is 1. The molecule has 4 N–H and O–H groups in total. The molecule has 3 rings (SSSR count). The summed E-state index contributed by atoms with van der Waals surface area (Å²) >= 11 is 0. The minimum Gasteiger partial charge on any atom is -0.384 e. The maximum absolute atomic E-state index is 13.9. The van der Waals surface area contributed by atoms with Crippen LogP contribution >= 0.6 is 0 Å². The summed E-state index contributed by atoms with van der Waals surface area (Å²) in [5.41, 5.74) is 7.88. The molecule has 0 fully saturated rings. The van der Waals surface area contributed by atoms with Gasteiger partial charge in [-0.3, -0.25) is 14.7 Å². The SMILES string of the molecule is CC(C)(C)c1cc(NC(=O)Cc2ccc(-c3ccc(N)nc3F)cc2)on1.CS(=O)(=O)O. The zero-order valence-corrected chi connectivity index (χ0v) is 18.9. The number of aromatic nitrogens is 2. The van der Waals surface area contributed by atoms with E-state index in [2.05, 4.69) is 15.5 Å². The number of nitrogens with two attached hydrogens (primary N) is 1. The van der Waals surface area contributed by atoms with Crippen molar-refractivity contribution in [2.24, 2.45) is 0 Å². The minimum absolute atomic E-state index is 0.131. The number of pyridine rings is 1. The Kier molecular flexibility index (Phi) is 7.70. The van der Waals surface area contributed by atoms with Gasteiger partial charge in [-0.15, -0.1) is 0 Å². The Morgan fingerprint density at radius 1 is 1.19 bits per heavy atom. The van der Waals surface area contributed by atoms with Crippen LogP contribution in [0.5, 0.6) is 0 Å². The first-order chi connectivity index (χ1) is 14.7. The van der Waals surface area contributed by atoms with Gasteiger partial charge in [-0.25, -0.2) is 4.98 Å². The van der Waals surface area contributed by atoms with Crippen LogP contribution in [-0.2, 0) is 26.7 Å². The van der Waals surface area contributed by atoms with Gasteiger partial charge in [0.25, 0.3) is 10.1 Å². The first-order valence-electron chi connectivity index (χ1n) is 9.43. The molecule has 0 aliphatic carbocycles. The zero-order valence-electron chi connectivity index (χ0n) is 18.1. The minimum atomic E-state index is -3.67. The number of benzene rings is 1. The number of nitrogens with zero attached hydrogens (tertiary/aromatic N) is 2. The predicted octanol–water partition coefficient (Wildman–Crippen LogP) is 3.44. The average Bonchev–Trinajstić information content (AvgIpc) is 3.10. The number of rotatable bonds is 4. The highest BCUT2D eigenvalue weighted by atomic mass is 32.2. The molecular formula is C21H25FN4O5S. The second-order valence-electron chi connectivity index (χ2n) is 8.06. The highest BCUT2D eigenvalue weighted by Gasteiger charge is 2.19. The molecule has 0 saturated heterocycles. The molecule has 3 aromatic rings. The molecule has 0 bridgehead atoms. The lowest BCUT2D eigenvalue weighted by Crippen LogP contribution is -2.14. The lowest BCUT2D eigenvalue weighted by Gasteiger charge is -2.12. The predicted molar refractivity (Wildman–Crippen MR) is 119 cm³/mol. The van der Waals surface area contributed by atoms with Crippen molar-refractivity contribution in [2.75, 3.05) is 17.3 Å². The average molecular weight is 465 g/mol. The number of amides is 1. The van der Waals surface area contributed by atoms with E-state index in [0.29, 0.717) is 23.3 Å². The largest absolute Gasteiger partial charge is 0.384 e. The third-order valence-corrected chi connectivity index (χ3v) is 4.04. The summed E-state index contributed by atoms with van der Waals surface area (Å²) in [7, 11) is -3.67. The van der Waals surface area contributed by atoms with Gasteiger partial charge in [0.2, 0.25) is 17.7 Å². The fourth-order valence-electron chi connectivity index (χ4n) is 2.52. The van der Waals surface area contributed by atoms with Crippen LogP contribution in [0.4, 0.5) is 16.1 Å². The molecule has 0 radical (unpaired) electrons. The summed E-state index contributed by atoms with van der Waals surface area (Å²) in [6.07, 6.45) is 0.876. The van der Waals surface area contributed by atoms with E-state index in [1.165, 1.54) is 0 Å². The number of hydrogen-bond acceptors (Lipinski definition) is 7. The van der Waals surface area contributed by atoms with Gasteiger partial charge in [0.15, 0.2) is 0 Å². The Bertz CT molecular complexity index is 1180. The van der Waals surface area contributed by atoms with Crippen molar-refractivity contribution in [3.05, 3.63) is 59.7 Å². The van der Waals surface area contributed by atoms with Crippen LogP contribution in [0, 0.1) is 5.95 Å². The van der Waals surface area contributed by atoms with Crippen LogP contribution in [0.1, 0.15) is 32.0 Å². The maximum atomic E-state index is 13.9. The van der Waals surface area contributed by atoms with Gasteiger partial charge < -0.3 is 10.3 Å². The second kappa shape index (κ2) is 9.88. The van der Waals surface area contributed by atoms with Crippen molar-refractivity contribution in [3.8, 4) is 11.1 Å². The third kappa shape index (κ3) is 8.08. The van der Waals surface area contributed by atoms with E-state index in [-0.39, 0.29) is 23.6 Å². The maximum Gasteiger partial charge on any atom is 0.261 e. The number of halogens is 1. The van der Waals surface area contributed by atoms with Crippen LogP contribution in [0.3, 0.4) is 0 Å². The standard InChI is InChI=1S/C20H21FN4O2.CH4O3S/c1-20(2,3)15-11-18(27-25-15)24-17(26)10-12-4-6-13(7-5-12)14-8-9-16(22)23-19(14)21;1-5(2,3)4/h4-9,11H,10H2,1-3H3,(H2,22,23)(H,24,26);1H3,(H,2,3,4). The fraction of sp³-hybridized carbons (Fsp3) is 0.286. The van der Waals surface area contributed by atoms with Crippen LogP contribution in [-0.4, -0.2) is 35.3 Å². The smallest absolute Gasteiger partial charge is 0.261 e. The molecule has 9 nitrogen and oxygen atoms in total. The summed E-state index contributed by atoms with van der Waals surface area (Å²) in [5, 5.41) is 6.66. The monoisotopic (exact) mass is 464 g/mol. The molecule has 2 heterocycles. The van der Waals surface area contributed by atoms with Crippen molar-refractivity contribution >= 4 is 27.7 Å².